The second-order valence-corrected chi connectivity index (χ2v) is 2.42. The molecule has 0 spiro atoms. The second-order valence-electron chi connectivity index (χ2n) is 2.01. The van der Waals surface area contributed by atoms with Crippen LogP contribution in [0.3, 0.4) is 0 Å². The third kappa shape index (κ3) is 1.44. The number of rotatable bonds is 1. The maximum atomic E-state index is 12.7. The third-order valence-corrected chi connectivity index (χ3v) is 1.64. The molecule has 0 amide bonds. The Kier molecular flexibility index (Phi) is 2.31. The van der Waals surface area contributed by atoms with Crippen molar-refractivity contribution in [2.24, 2.45) is 0 Å². The molecular formula is C7H6ClFO2. The standard InChI is InChI=1S/C7H6ClFO2/c8-5-1-2-6(9)4(3-10)7(5)11/h1-2,10-11H,3H2. The van der Waals surface area contributed by atoms with Crippen molar-refractivity contribution in [1.29, 1.82) is 0 Å². The summed E-state index contributed by atoms with van der Waals surface area (Å²) < 4.78 is 12.7. The van der Waals surface area contributed by atoms with Gasteiger partial charge in [-0.25, -0.2) is 4.39 Å². The second kappa shape index (κ2) is 3.07. The summed E-state index contributed by atoms with van der Waals surface area (Å²) in [6.45, 7) is -0.557. The fourth-order valence-corrected chi connectivity index (χ4v) is 0.911. The van der Waals surface area contributed by atoms with Crippen LogP contribution in [0.2, 0.25) is 5.02 Å². The highest BCUT2D eigenvalue weighted by atomic mass is 35.5. The quantitative estimate of drug-likeness (QED) is 0.684. The Hall–Kier alpha value is -0.800. The molecule has 0 radical (unpaired) electrons. The first-order chi connectivity index (χ1) is 5.16. The van der Waals surface area contributed by atoms with E-state index >= 15 is 0 Å². The minimum Gasteiger partial charge on any atom is -0.506 e. The van der Waals surface area contributed by atoms with Crippen LogP contribution in [0.1, 0.15) is 5.56 Å². The van der Waals surface area contributed by atoms with Gasteiger partial charge in [0.15, 0.2) is 0 Å². The van der Waals surface area contributed by atoms with Crippen molar-refractivity contribution >= 4 is 11.6 Å². The average molecular weight is 177 g/mol. The topological polar surface area (TPSA) is 40.5 Å². The number of hydrogen-bond acceptors (Lipinski definition) is 2. The van der Waals surface area contributed by atoms with Crippen LogP contribution in [0.15, 0.2) is 12.1 Å². The van der Waals surface area contributed by atoms with E-state index < -0.39 is 18.2 Å². The Labute approximate surface area is 67.9 Å². The molecule has 0 fully saturated rings. The predicted molar refractivity (Wildman–Crippen MR) is 39.0 cm³/mol. The Bertz CT molecular complexity index is 275. The van der Waals surface area contributed by atoms with Crippen molar-refractivity contribution in [3.63, 3.8) is 0 Å². The van der Waals surface area contributed by atoms with Crippen LogP contribution in [-0.2, 0) is 6.61 Å². The summed E-state index contributed by atoms with van der Waals surface area (Å²) in [5.41, 5.74) is -0.169. The first-order valence-corrected chi connectivity index (χ1v) is 3.31. The highest BCUT2D eigenvalue weighted by molar-refractivity contribution is 6.32. The lowest BCUT2D eigenvalue weighted by Gasteiger charge is -2.02. The van der Waals surface area contributed by atoms with E-state index in [-0.39, 0.29) is 10.6 Å². The molecule has 11 heavy (non-hydrogen) atoms. The van der Waals surface area contributed by atoms with Gasteiger partial charge in [0.05, 0.1) is 17.2 Å². The average Bonchev–Trinajstić information content (AvgIpc) is 1.99. The Balaban J connectivity index is 3.29. The fraction of sp³-hybridized carbons (Fsp3) is 0.143. The highest BCUT2D eigenvalue weighted by Gasteiger charge is 2.09. The summed E-state index contributed by atoms with van der Waals surface area (Å²) in [6.07, 6.45) is 0. The molecule has 0 atom stereocenters. The zero-order valence-electron chi connectivity index (χ0n) is 5.51. The van der Waals surface area contributed by atoms with Gasteiger partial charge in [-0.2, -0.15) is 0 Å². The Morgan fingerprint density at radius 2 is 2.09 bits per heavy atom. The molecule has 60 valence electrons. The summed E-state index contributed by atoms with van der Waals surface area (Å²) in [7, 11) is 0. The summed E-state index contributed by atoms with van der Waals surface area (Å²) >= 11 is 5.44. The molecule has 0 saturated carbocycles. The van der Waals surface area contributed by atoms with E-state index in [1.54, 1.807) is 0 Å². The van der Waals surface area contributed by atoms with Crippen molar-refractivity contribution in [3.05, 3.63) is 28.5 Å². The molecule has 0 aliphatic heterocycles. The number of aromatic hydroxyl groups is 1. The maximum Gasteiger partial charge on any atom is 0.142 e. The van der Waals surface area contributed by atoms with Crippen LogP contribution in [-0.4, -0.2) is 10.2 Å². The normalized spacial score (nSPS) is 10.1. The number of aliphatic hydroxyl groups is 1. The van der Waals surface area contributed by atoms with Crippen LogP contribution >= 0.6 is 11.6 Å². The van der Waals surface area contributed by atoms with Crippen LogP contribution in [0.5, 0.6) is 5.75 Å². The van der Waals surface area contributed by atoms with E-state index in [9.17, 15) is 4.39 Å². The minimum absolute atomic E-state index is 0.0375. The van der Waals surface area contributed by atoms with Gasteiger partial charge < -0.3 is 10.2 Å². The van der Waals surface area contributed by atoms with Gasteiger partial charge in [0.1, 0.15) is 11.6 Å². The van der Waals surface area contributed by atoms with E-state index in [1.807, 2.05) is 0 Å². The minimum atomic E-state index is -0.658. The number of halogens is 2. The van der Waals surface area contributed by atoms with Gasteiger partial charge in [0.2, 0.25) is 0 Å². The number of aliphatic hydroxyl groups excluding tert-OH is 1. The molecule has 0 bridgehead atoms. The Morgan fingerprint density at radius 3 is 2.55 bits per heavy atom. The number of benzene rings is 1. The molecule has 0 heterocycles. The van der Waals surface area contributed by atoms with Gasteiger partial charge in [-0.1, -0.05) is 11.6 Å². The molecule has 1 aromatic carbocycles. The van der Waals surface area contributed by atoms with Gasteiger partial charge in [-0.05, 0) is 12.1 Å². The molecule has 0 saturated heterocycles. The van der Waals surface area contributed by atoms with Crippen LogP contribution in [0, 0.1) is 5.82 Å². The number of phenols is 1. The van der Waals surface area contributed by atoms with E-state index in [2.05, 4.69) is 0 Å². The van der Waals surface area contributed by atoms with E-state index in [4.69, 9.17) is 21.8 Å². The van der Waals surface area contributed by atoms with Gasteiger partial charge in [-0.15, -0.1) is 0 Å². The lowest BCUT2D eigenvalue weighted by Crippen LogP contribution is -1.90. The van der Waals surface area contributed by atoms with E-state index in [1.165, 1.54) is 6.07 Å². The van der Waals surface area contributed by atoms with Crippen molar-refractivity contribution in [2.45, 2.75) is 6.61 Å². The van der Waals surface area contributed by atoms with Crippen molar-refractivity contribution in [3.8, 4) is 5.75 Å². The molecule has 0 aromatic heterocycles. The molecule has 4 heteroatoms. The van der Waals surface area contributed by atoms with Gasteiger partial charge in [0.25, 0.3) is 0 Å². The zero-order valence-corrected chi connectivity index (χ0v) is 6.27. The first-order valence-electron chi connectivity index (χ1n) is 2.93. The molecule has 2 nitrogen and oxygen atoms in total. The summed E-state index contributed by atoms with van der Waals surface area (Å²) in [5.74, 6) is -1.05. The molecule has 1 aromatic rings. The lowest BCUT2D eigenvalue weighted by molar-refractivity contribution is 0.269. The van der Waals surface area contributed by atoms with Crippen LogP contribution < -0.4 is 0 Å². The van der Waals surface area contributed by atoms with E-state index in [0.29, 0.717) is 0 Å². The SMILES string of the molecule is OCc1c(F)ccc(Cl)c1O. The predicted octanol–water partition coefficient (Wildman–Crippen LogP) is 1.68. The molecule has 2 N–H and O–H groups in total. The van der Waals surface area contributed by atoms with Gasteiger partial charge in [-0.3, -0.25) is 0 Å². The Morgan fingerprint density at radius 1 is 1.45 bits per heavy atom. The fourth-order valence-electron chi connectivity index (χ4n) is 0.734. The maximum absolute atomic E-state index is 12.7. The summed E-state index contributed by atoms with van der Waals surface area (Å²) in [6, 6.07) is 2.32. The largest absolute Gasteiger partial charge is 0.506 e. The van der Waals surface area contributed by atoms with Crippen molar-refractivity contribution in [1.82, 2.24) is 0 Å². The molecule has 0 aliphatic rings. The van der Waals surface area contributed by atoms with Gasteiger partial charge in [0, 0.05) is 0 Å². The van der Waals surface area contributed by atoms with Crippen LogP contribution in [0.25, 0.3) is 0 Å². The zero-order chi connectivity index (χ0) is 8.43. The lowest BCUT2D eigenvalue weighted by atomic mass is 10.2. The molecular weight excluding hydrogens is 171 g/mol. The smallest absolute Gasteiger partial charge is 0.142 e. The highest BCUT2D eigenvalue weighted by Crippen LogP contribution is 2.28. The monoisotopic (exact) mass is 176 g/mol. The number of hydrogen-bond donors (Lipinski definition) is 2. The van der Waals surface area contributed by atoms with E-state index in [0.717, 1.165) is 6.07 Å². The summed E-state index contributed by atoms with van der Waals surface area (Å²) in [4.78, 5) is 0. The summed E-state index contributed by atoms with van der Waals surface area (Å²) in [5, 5.41) is 17.6. The molecule has 1 rings (SSSR count). The molecule has 0 unspecified atom stereocenters. The third-order valence-electron chi connectivity index (χ3n) is 1.33. The van der Waals surface area contributed by atoms with Gasteiger partial charge >= 0.3 is 0 Å². The first kappa shape index (κ1) is 8.30. The van der Waals surface area contributed by atoms with Crippen molar-refractivity contribution in [2.75, 3.05) is 0 Å². The van der Waals surface area contributed by atoms with Crippen LogP contribution in [0.4, 0.5) is 4.39 Å². The molecule has 0 aliphatic carbocycles. The van der Waals surface area contributed by atoms with Crippen molar-refractivity contribution < 1.29 is 14.6 Å².